The maximum absolute atomic E-state index is 12.3. The van der Waals surface area contributed by atoms with Crippen LogP contribution >= 0.6 is 11.3 Å². The van der Waals surface area contributed by atoms with Crippen molar-refractivity contribution in [2.45, 2.75) is 6.92 Å². The van der Waals surface area contributed by atoms with Gasteiger partial charge in [-0.05, 0) is 19.1 Å². The normalized spacial score (nSPS) is 10.7. The summed E-state index contributed by atoms with van der Waals surface area (Å²) in [6, 6.07) is 8.78. The summed E-state index contributed by atoms with van der Waals surface area (Å²) in [5.74, 6) is -1.28. The number of nitrogens with two attached hydrogens (primary N) is 1. The number of aryl methyl sites for hydroxylation is 1. The molecule has 0 aliphatic rings. The van der Waals surface area contributed by atoms with Gasteiger partial charge in [-0.1, -0.05) is 12.1 Å². The first-order valence-corrected chi connectivity index (χ1v) is 8.29. The zero-order valence-electron chi connectivity index (χ0n) is 13.6. The molecule has 3 aromatic rings. The topological polar surface area (TPSA) is 125 Å². The minimum Gasteiger partial charge on any atom is -0.453 e. The van der Waals surface area contributed by atoms with E-state index in [0.29, 0.717) is 10.2 Å². The number of nitro groups is 1. The molecule has 0 fully saturated rings. The number of nitrogen functional groups attached to an aromatic ring is 1. The zero-order chi connectivity index (χ0) is 18.8. The van der Waals surface area contributed by atoms with Crippen molar-refractivity contribution in [1.29, 1.82) is 0 Å². The van der Waals surface area contributed by atoms with Crippen LogP contribution in [-0.2, 0) is 4.74 Å². The highest BCUT2D eigenvalue weighted by atomic mass is 32.1. The fraction of sp³-hybridized carbons (Fsp3) is 0.118. The van der Waals surface area contributed by atoms with Gasteiger partial charge in [0.2, 0.25) is 5.78 Å². The third-order valence-corrected chi connectivity index (χ3v) is 4.73. The molecule has 0 aliphatic carbocycles. The molecule has 0 bridgehead atoms. The first-order chi connectivity index (χ1) is 12.4. The Labute approximate surface area is 151 Å². The van der Waals surface area contributed by atoms with Gasteiger partial charge in [-0.15, -0.1) is 11.3 Å². The molecule has 3 rings (SSSR count). The van der Waals surface area contributed by atoms with E-state index in [1.807, 2.05) is 6.92 Å². The maximum Gasteiger partial charge on any atom is 0.350 e. The number of rotatable bonds is 5. The number of Topliss-reactive ketones (excluding diaryl/α,β-unsaturated/α-hetero) is 1. The summed E-state index contributed by atoms with van der Waals surface area (Å²) in [5, 5.41) is 11.4. The van der Waals surface area contributed by atoms with E-state index >= 15 is 0 Å². The van der Waals surface area contributed by atoms with Crippen molar-refractivity contribution < 1.29 is 19.2 Å². The monoisotopic (exact) mass is 371 g/mol. The third-order valence-electron chi connectivity index (χ3n) is 3.63. The number of esters is 1. The summed E-state index contributed by atoms with van der Waals surface area (Å²) in [4.78, 5) is 39.6. The highest BCUT2D eigenvalue weighted by Crippen LogP contribution is 2.33. The van der Waals surface area contributed by atoms with Crippen molar-refractivity contribution in [3.63, 3.8) is 0 Å². The fourth-order valence-electron chi connectivity index (χ4n) is 2.31. The van der Waals surface area contributed by atoms with E-state index in [1.54, 1.807) is 12.1 Å². The quantitative estimate of drug-likeness (QED) is 0.316. The summed E-state index contributed by atoms with van der Waals surface area (Å²) >= 11 is 1.09. The van der Waals surface area contributed by atoms with Gasteiger partial charge in [0.25, 0.3) is 5.69 Å². The van der Waals surface area contributed by atoms with Crippen LogP contribution in [0.2, 0.25) is 0 Å². The molecule has 0 radical (unpaired) electrons. The lowest BCUT2D eigenvalue weighted by Gasteiger charge is -2.04. The van der Waals surface area contributed by atoms with Crippen LogP contribution in [0.1, 0.15) is 25.7 Å². The number of hydrogen-bond acceptors (Lipinski definition) is 8. The van der Waals surface area contributed by atoms with E-state index in [4.69, 9.17) is 10.5 Å². The number of aromatic nitrogens is 1. The van der Waals surface area contributed by atoms with Crippen molar-refractivity contribution >= 4 is 44.7 Å². The summed E-state index contributed by atoms with van der Waals surface area (Å²) in [5.41, 5.74) is 6.90. The first kappa shape index (κ1) is 17.5. The van der Waals surface area contributed by atoms with Crippen LogP contribution in [-0.4, -0.2) is 28.3 Å². The lowest BCUT2D eigenvalue weighted by molar-refractivity contribution is -0.384. The van der Waals surface area contributed by atoms with Crippen LogP contribution < -0.4 is 5.73 Å². The highest BCUT2D eigenvalue weighted by molar-refractivity contribution is 7.21. The molecule has 0 amide bonds. The number of carbonyl (C=O) groups excluding carboxylic acids is 2. The van der Waals surface area contributed by atoms with E-state index < -0.39 is 23.3 Å². The molecule has 2 heterocycles. The van der Waals surface area contributed by atoms with E-state index in [-0.39, 0.29) is 21.8 Å². The summed E-state index contributed by atoms with van der Waals surface area (Å²) in [7, 11) is 0. The number of ether oxygens (including phenoxy) is 1. The van der Waals surface area contributed by atoms with E-state index in [0.717, 1.165) is 23.1 Å². The second-order valence-electron chi connectivity index (χ2n) is 5.46. The Kier molecular flexibility index (Phi) is 4.63. The van der Waals surface area contributed by atoms with Gasteiger partial charge in [-0.3, -0.25) is 14.9 Å². The Bertz CT molecular complexity index is 1040. The number of thiophene rings is 1. The number of nitro benzene ring substituents is 1. The molecule has 0 saturated carbocycles. The zero-order valence-corrected chi connectivity index (χ0v) is 14.4. The van der Waals surface area contributed by atoms with Gasteiger partial charge in [0.15, 0.2) is 6.61 Å². The van der Waals surface area contributed by atoms with Crippen LogP contribution in [0.25, 0.3) is 10.2 Å². The molecular weight excluding hydrogens is 358 g/mol. The SMILES string of the molecule is Cc1ccc2c(N)c(C(=O)OCC(=O)c3cccc([N+](=O)[O-])c3)sc2n1. The number of benzene rings is 1. The summed E-state index contributed by atoms with van der Waals surface area (Å²) in [6.07, 6.45) is 0. The van der Waals surface area contributed by atoms with Crippen LogP contribution in [0.15, 0.2) is 36.4 Å². The van der Waals surface area contributed by atoms with Gasteiger partial charge in [-0.25, -0.2) is 9.78 Å². The smallest absolute Gasteiger partial charge is 0.350 e. The summed E-state index contributed by atoms with van der Waals surface area (Å²) in [6.45, 7) is 1.28. The van der Waals surface area contributed by atoms with Crippen molar-refractivity contribution in [3.05, 3.63) is 62.6 Å². The lowest BCUT2D eigenvalue weighted by atomic mass is 10.1. The molecule has 26 heavy (non-hydrogen) atoms. The number of hydrogen-bond donors (Lipinski definition) is 1. The number of nitrogens with zero attached hydrogens (tertiary/aromatic N) is 2. The number of pyridine rings is 1. The molecule has 9 heteroatoms. The molecule has 0 aliphatic heterocycles. The average molecular weight is 371 g/mol. The van der Waals surface area contributed by atoms with Crippen LogP contribution in [0.3, 0.4) is 0 Å². The number of carbonyl (C=O) groups is 2. The maximum atomic E-state index is 12.3. The van der Waals surface area contributed by atoms with Crippen molar-refractivity contribution in [2.24, 2.45) is 0 Å². The molecule has 0 spiro atoms. The van der Waals surface area contributed by atoms with Gasteiger partial charge in [0.05, 0.1) is 10.6 Å². The van der Waals surface area contributed by atoms with E-state index in [2.05, 4.69) is 4.98 Å². The molecule has 1 aromatic carbocycles. The molecule has 2 aromatic heterocycles. The Morgan fingerprint density at radius 2 is 2.08 bits per heavy atom. The van der Waals surface area contributed by atoms with Gasteiger partial charge in [0.1, 0.15) is 9.71 Å². The molecule has 2 N–H and O–H groups in total. The molecule has 0 atom stereocenters. The van der Waals surface area contributed by atoms with Crippen molar-refractivity contribution in [2.75, 3.05) is 12.3 Å². The van der Waals surface area contributed by atoms with Crippen LogP contribution in [0.4, 0.5) is 11.4 Å². The van der Waals surface area contributed by atoms with E-state index in [9.17, 15) is 19.7 Å². The first-order valence-electron chi connectivity index (χ1n) is 7.47. The second-order valence-corrected chi connectivity index (χ2v) is 6.46. The van der Waals surface area contributed by atoms with Gasteiger partial charge >= 0.3 is 5.97 Å². The number of ketones is 1. The Morgan fingerprint density at radius 1 is 1.31 bits per heavy atom. The number of fused-ring (bicyclic) bond motifs is 1. The van der Waals surface area contributed by atoms with E-state index in [1.165, 1.54) is 18.2 Å². The molecule has 8 nitrogen and oxygen atoms in total. The van der Waals surface area contributed by atoms with Crippen molar-refractivity contribution in [1.82, 2.24) is 4.98 Å². The largest absolute Gasteiger partial charge is 0.453 e. The van der Waals surface area contributed by atoms with Crippen molar-refractivity contribution in [3.8, 4) is 0 Å². The molecular formula is C17H13N3O5S. The Balaban J connectivity index is 1.75. The van der Waals surface area contributed by atoms with Gasteiger partial charge in [-0.2, -0.15) is 0 Å². The molecule has 0 saturated heterocycles. The predicted octanol–water partition coefficient (Wildman–Crippen LogP) is 3.13. The standard InChI is InChI=1S/C17H13N3O5S/c1-9-5-6-12-14(18)15(26-16(12)19-9)17(22)25-8-13(21)10-3-2-4-11(7-10)20(23)24/h2-7H,8,18H2,1H3. The van der Waals surface area contributed by atoms with Crippen LogP contribution in [0.5, 0.6) is 0 Å². The number of non-ortho nitro benzene ring substituents is 1. The second kappa shape index (κ2) is 6.89. The van der Waals surface area contributed by atoms with Gasteiger partial charge < -0.3 is 10.5 Å². The minimum absolute atomic E-state index is 0.0913. The number of anilines is 1. The molecule has 132 valence electrons. The fourth-order valence-corrected chi connectivity index (χ4v) is 3.35. The minimum atomic E-state index is -0.734. The highest BCUT2D eigenvalue weighted by Gasteiger charge is 2.20. The summed E-state index contributed by atoms with van der Waals surface area (Å²) < 4.78 is 5.03. The van der Waals surface area contributed by atoms with Crippen LogP contribution in [0, 0.1) is 17.0 Å². The van der Waals surface area contributed by atoms with Gasteiger partial charge in [0, 0.05) is 28.8 Å². The Morgan fingerprint density at radius 3 is 2.81 bits per heavy atom. The third kappa shape index (κ3) is 3.38. The molecule has 0 unspecified atom stereocenters. The Hall–Kier alpha value is -3.33. The lowest BCUT2D eigenvalue weighted by Crippen LogP contribution is -2.14. The predicted molar refractivity (Wildman–Crippen MR) is 96.5 cm³/mol. The average Bonchev–Trinajstić information content (AvgIpc) is 2.95.